The van der Waals surface area contributed by atoms with Crippen LogP contribution in [0, 0.1) is 0 Å². The molecule has 0 N–H and O–H groups in total. The molecule has 0 aliphatic rings. The van der Waals surface area contributed by atoms with E-state index >= 15 is 0 Å². The van der Waals surface area contributed by atoms with Gasteiger partial charge in [0.2, 0.25) is 0 Å². The quantitative estimate of drug-likeness (QED) is 0.172. The molecule has 0 aromatic heterocycles. The average molecular weight is 542 g/mol. The van der Waals surface area contributed by atoms with Crippen molar-refractivity contribution in [3.05, 3.63) is 118 Å². The maximum absolute atomic E-state index is 3.79. The van der Waals surface area contributed by atoms with Gasteiger partial charge < -0.3 is 0 Å². The lowest BCUT2D eigenvalue weighted by Gasteiger charge is -2.35. The van der Waals surface area contributed by atoms with Crippen molar-refractivity contribution in [2.75, 3.05) is 0 Å². The number of halogens is 1. The molecule has 0 aliphatic carbocycles. The average Bonchev–Trinajstić information content (AvgIpc) is 2.85. The van der Waals surface area contributed by atoms with Crippen LogP contribution in [0.5, 0.6) is 0 Å². The Labute approximate surface area is 221 Å². The molecule has 180 valence electrons. The van der Waals surface area contributed by atoms with Crippen LogP contribution in [0.1, 0.15) is 76.0 Å². The SMILES string of the molecule is CC(C)c1ccc([Si](c2ccc(C(C)C)cc2)(c2ccc(C(C)C)cc2)c2cccc(Br)c2)cc1. The number of benzene rings is 4. The molecule has 0 saturated carbocycles. The van der Waals surface area contributed by atoms with Gasteiger partial charge in [0.25, 0.3) is 0 Å². The summed E-state index contributed by atoms with van der Waals surface area (Å²) in [7, 11) is -2.53. The fourth-order valence-electron chi connectivity index (χ4n) is 5.08. The fourth-order valence-corrected chi connectivity index (χ4v) is 10.4. The second kappa shape index (κ2) is 10.7. The first kappa shape index (κ1) is 25.7. The standard InChI is InChI=1S/C33H37BrSi/c1-23(2)26-10-16-30(17-11-26)35(33-9-7-8-29(34)22-33,31-18-12-27(13-19-31)24(3)4)32-20-14-28(15-21-32)25(5)6/h7-25H,1-6H3. The monoisotopic (exact) mass is 540 g/mol. The number of hydrogen-bond acceptors (Lipinski definition) is 0. The molecule has 4 aromatic carbocycles. The van der Waals surface area contributed by atoms with Crippen LogP contribution in [0.2, 0.25) is 0 Å². The van der Waals surface area contributed by atoms with E-state index in [1.807, 2.05) is 0 Å². The normalized spacial score (nSPS) is 12.1. The molecular formula is C33H37BrSi. The zero-order valence-corrected chi connectivity index (χ0v) is 24.4. The van der Waals surface area contributed by atoms with Crippen LogP contribution in [0.25, 0.3) is 0 Å². The van der Waals surface area contributed by atoms with Crippen molar-refractivity contribution in [3.8, 4) is 0 Å². The Morgan fingerprint density at radius 3 is 1.09 bits per heavy atom. The van der Waals surface area contributed by atoms with E-state index in [0.29, 0.717) is 17.8 Å². The highest BCUT2D eigenvalue weighted by Gasteiger charge is 2.41. The van der Waals surface area contributed by atoms with Gasteiger partial charge in [-0.15, -0.1) is 0 Å². The molecule has 0 amide bonds. The third-order valence-corrected chi connectivity index (χ3v) is 12.6. The Balaban J connectivity index is 2.07. The minimum atomic E-state index is -2.53. The first-order valence-corrected chi connectivity index (χ1v) is 15.6. The molecule has 0 aliphatic heterocycles. The second-order valence-corrected chi connectivity index (χ2v) is 15.3. The lowest BCUT2D eigenvalue weighted by molar-refractivity contribution is 0.867. The van der Waals surface area contributed by atoms with Crippen LogP contribution in [0.3, 0.4) is 0 Å². The molecule has 2 heteroatoms. The molecule has 0 saturated heterocycles. The van der Waals surface area contributed by atoms with Crippen molar-refractivity contribution in [3.63, 3.8) is 0 Å². The smallest absolute Gasteiger partial charge is 0.0618 e. The van der Waals surface area contributed by atoms with Crippen molar-refractivity contribution >= 4 is 44.8 Å². The molecule has 0 bridgehead atoms. The molecule has 4 aromatic rings. The van der Waals surface area contributed by atoms with E-state index in [-0.39, 0.29) is 0 Å². The molecule has 0 spiro atoms. The minimum absolute atomic E-state index is 0.515. The summed E-state index contributed by atoms with van der Waals surface area (Å²) in [5.74, 6) is 1.55. The van der Waals surface area contributed by atoms with Crippen molar-refractivity contribution in [2.24, 2.45) is 0 Å². The minimum Gasteiger partial charge on any atom is -0.0618 e. The van der Waals surface area contributed by atoms with Gasteiger partial charge in [-0.3, -0.25) is 0 Å². The molecular weight excluding hydrogens is 504 g/mol. The molecule has 35 heavy (non-hydrogen) atoms. The number of rotatable bonds is 7. The van der Waals surface area contributed by atoms with Crippen molar-refractivity contribution < 1.29 is 0 Å². The summed E-state index contributed by atoms with van der Waals surface area (Å²) in [6, 6.07) is 37.4. The van der Waals surface area contributed by atoms with Crippen LogP contribution in [0.15, 0.2) is 102 Å². The van der Waals surface area contributed by atoms with Crippen LogP contribution in [-0.2, 0) is 0 Å². The Morgan fingerprint density at radius 2 is 0.800 bits per heavy atom. The van der Waals surface area contributed by atoms with Gasteiger partial charge in [-0.1, -0.05) is 142 Å². The highest BCUT2D eigenvalue weighted by molar-refractivity contribution is 9.10. The molecule has 4 rings (SSSR count). The summed E-state index contributed by atoms with van der Waals surface area (Å²) in [6.45, 7) is 13.6. The maximum atomic E-state index is 3.79. The summed E-state index contributed by atoms with van der Waals surface area (Å²) >= 11 is 3.79. The summed E-state index contributed by atoms with van der Waals surface area (Å²) in [5.41, 5.74) is 4.16. The second-order valence-electron chi connectivity index (χ2n) is 10.6. The van der Waals surface area contributed by atoms with Crippen LogP contribution >= 0.6 is 15.9 Å². The molecule has 0 fully saturated rings. The van der Waals surface area contributed by atoms with Gasteiger partial charge in [0.15, 0.2) is 8.07 Å². The molecule has 0 unspecified atom stereocenters. The van der Waals surface area contributed by atoms with Gasteiger partial charge in [0, 0.05) is 4.47 Å². The first-order chi connectivity index (χ1) is 16.7. The van der Waals surface area contributed by atoms with Crippen molar-refractivity contribution in [2.45, 2.75) is 59.3 Å². The Hall–Kier alpha value is -2.42. The van der Waals surface area contributed by atoms with Crippen LogP contribution in [-0.4, -0.2) is 8.07 Å². The van der Waals surface area contributed by atoms with E-state index in [9.17, 15) is 0 Å². The van der Waals surface area contributed by atoms with Crippen molar-refractivity contribution in [1.82, 2.24) is 0 Å². The predicted molar refractivity (Wildman–Crippen MR) is 160 cm³/mol. The van der Waals surface area contributed by atoms with E-state index in [4.69, 9.17) is 0 Å². The molecule has 0 radical (unpaired) electrons. The van der Waals surface area contributed by atoms with E-state index in [1.165, 1.54) is 37.4 Å². The summed E-state index contributed by atoms with van der Waals surface area (Å²) in [4.78, 5) is 0. The van der Waals surface area contributed by atoms with Gasteiger partial charge in [-0.2, -0.15) is 0 Å². The van der Waals surface area contributed by atoms with Crippen molar-refractivity contribution in [1.29, 1.82) is 0 Å². The maximum Gasteiger partial charge on any atom is 0.179 e. The highest BCUT2D eigenvalue weighted by atomic mass is 79.9. The summed E-state index contributed by atoms with van der Waals surface area (Å²) < 4.78 is 1.13. The van der Waals surface area contributed by atoms with E-state index in [1.54, 1.807) is 0 Å². The number of hydrogen-bond donors (Lipinski definition) is 0. The van der Waals surface area contributed by atoms with Crippen LogP contribution in [0.4, 0.5) is 0 Å². The van der Waals surface area contributed by atoms with Gasteiger partial charge in [0.1, 0.15) is 0 Å². The lowest BCUT2D eigenvalue weighted by atomic mass is 10.0. The van der Waals surface area contributed by atoms with E-state index in [2.05, 4.69) is 155 Å². The van der Waals surface area contributed by atoms with Gasteiger partial charge in [-0.25, -0.2) is 0 Å². The first-order valence-electron chi connectivity index (χ1n) is 12.8. The predicted octanol–water partition coefficient (Wildman–Crippen LogP) is 7.20. The van der Waals surface area contributed by atoms with Gasteiger partial charge >= 0.3 is 0 Å². The largest absolute Gasteiger partial charge is 0.179 e. The van der Waals surface area contributed by atoms with Gasteiger partial charge in [0.05, 0.1) is 0 Å². The summed E-state index contributed by atoms with van der Waals surface area (Å²) in [5, 5.41) is 5.68. The highest BCUT2D eigenvalue weighted by Crippen LogP contribution is 2.20. The Bertz CT molecular complexity index is 1120. The fraction of sp³-hybridized carbons (Fsp3) is 0.273. The summed E-state index contributed by atoms with van der Waals surface area (Å²) in [6.07, 6.45) is 0. The molecule has 0 heterocycles. The zero-order chi connectivity index (χ0) is 25.2. The molecule has 0 nitrogen and oxygen atoms in total. The van der Waals surface area contributed by atoms with Crippen LogP contribution < -0.4 is 20.7 Å². The third kappa shape index (κ3) is 5.10. The van der Waals surface area contributed by atoms with Gasteiger partial charge in [-0.05, 0) is 67.3 Å². The topological polar surface area (TPSA) is 0 Å². The zero-order valence-electron chi connectivity index (χ0n) is 21.8. The third-order valence-electron chi connectivity index (χ3n) is 7.29. The Morgan fingerprint density at radius 1 is 0.457 bits per heavy atom. The Kier molecular flexibility index (Phi) is 7.83. The van der Waals surface area contributed by atoms with E-state index in [0.717, 1.165) is 4.47 Å². The van der Waals surface area contributed by atoms with E-state index < -0.39 is 8.07 Å². The molecule has 0 atom stereocenters. The lowest BCUT2D eigenvalue weighted by Crippen LogP contribution is -2.74.